The number of hydrogen-bond donors (Lipinski definition) is 2. The van der Waals surface area contributed by atoms with Crippen LogP contribution >= 0.6 is 0 Å². The van der Waals surface area contributed by atoms with Gasteiger partial charge in [0.05, 0.1) is 19.0 Å². The van der Waals surface area contributed by atoms with Crippen molar-refractivity contribution in [2.75, 3.05) is 17.7 Å². The van der Waals surface area contributed by atoms with Gasteiger partial charge >= 0.3 is 0 Å². The number of nitrogens with zero attached hydrogens (tertiary/aromatic N) is 1. The van der Waals surface area contributed by atoms with Crippen LogP contribution in [0.3, 0.4) is 0 Å². The maximum atomic E-state index is 12.4. The molecule has 0 unspecified atom stereocenters. The molecule has 2 N–H and O–H groups in total. The summed E-state index contributed by atoms with van der Waals surface area (Å²) in [5.74, 6) is 1.67. The Morgan fingerprint density at radius 3 is 2.39 bits per heavy atom. The van der Waals surface area contributed by atoms with Crippen molar-refractivity contribution in [3.63, 3.8) is 0 Å². The van der Waals surface area contributed by atoms with E-state index < -0.39 is 0 Å². The van der Waals surface area contributed by atoms with E-state index in [4.69, 9.17) is 4.74 Å². The molecular weight excluding hydrogens is 350 g/mol. The van der Waals surface area contributed by atoms with E-state index in [2.05, 4.69) is 54.6 Å². The SMILES string of the molecule is COc1ccc(C(=O)Nc2ccc(Nc3c(C)cccc3C(C)C)nc2)cc1. The Morgan fingerprint density at radius 2 is 1.79 bits per heavy atom. The molecule has 0 spiro atoms. The molecule has 0 aliphatic carbocycles. The van der Waals surface area contributed by atoms with E-state index >= 15 is 0 Å². The number of amides is 1. The fraction of sp³-hybridized carbons (Fsp3) is 0.217. The molecule has 144 valence electrons. The lowest BCUT2D eigenvalue weighted by Gasteiger charge is -2.17. The number of hydrogen-bond acceptors (Lipinski definition) is 4. The van der Waals surface area contributed by atoms with Crippen molar-refractivity contribution in [1.29, 1.82) is 0 Å². The number of benzene rings is 2. The zero-order valence-corrected chi connectivity index (χ0v) is 16.6. The van der Waals surface area contributed by atoms with Gasteiger partial charge in [-0.05, 0) is 60.4 Å². The summed E-state index contributed by atoms with van der Waals surface area (Å²) in [6.45, 7) is 6.42. The number of para-hydroxylation sites is 1. The van der Waals surface area contributed by atoms with E-state index in [1.54, 1.807) is 37.6 Å². The Balaban J connectivity index is 1.71. The number of pyridine rings is 1. The van der Waals surface area contributed by atoms with E-state index in [0.29, 0.717) is 22.9 Å². The molecule has 1 heterocycles. The zero-order chi connectivity index (χ0) is 20.1. The van der Waals surface area contributed by atoms with Crippen molar-refractivity contribution < 1.29 is 9.53 Å². The van der Waals surface area contributed by atoms with Crippen LogP contribution in [0.4, 0.5) is 17.2 Å². The molecule has 5 heteroatoms. The highest BCUT2D eigenvalue weighted by Crippen LogP contribution is 2.29. The second kappa shape index (κ2) is 8.57. The van der Waals surface area contributed by atoms with Crippen LogP contribution in [0.5, 0.6) is 5.75 Å². The van der Waals surface area contributed by atoms with Gasteiger partial charge in [-0.2, -0.15) is 0 Å². The quantitative estimate of drug-likeness (QED) is 0.596. The molecule has 0 saturated carbocycles. The van der Waals surface area contributed by atoms with Crippen LogP contribution in [-0.2, 0) is 0 Å². The third-order valence-corrected chi connectivity index (χ3v) is 4.55. The van der Waals surface area contributed by atoms with Gasteiger partial charge in [0.2, 0.25) is 0 Å². The summed E-state index contributed by atoms with van der Waals surface area (Å²) < 4.78 is 5.11. The molecule has 3 rings (SSSR count). The highest BCUT2D eigenvalue weighted by molar-refractivity contribution is 6.04. The Hall–Kier alpha value is -3.34. The highest BCUT2D eigenvalue weighted by Gasteiger charge is 2.10. The van der Waals surface area contributed by atoms with E-state index in [9.17, 15) is 4.79 Å². The summed E-state index contributed by atoms with van der Waals surface area (Å²) in [5, 5.41) is 6.27. The molecule has 5 nitrogen and oxygen atoms in total. The molecule has 0 atom stereocenters. The number of carbonyl (C=O) groups is 1. The number of ether oxygens (including phenoxy) is 1. The molecule has 3 aromatic rings. The van der Waals surface area contributed by atoms with Crippen LogP contribution in [0.2, 0.25) is 0 Å². The molecule has 1 amide bonds. The lowest BCUT2D eigenvalue weighted by Crippen LogP contribution is -2.12. The molecule has 28 heavy (non-hydrogen) atoms. The molecule has 2 aromatic carbocycles. The number of aryl methyl sites for hydroxylation is 1. The number of rotatable bonds is 6. The second-order valence-corrected chi connectivity index (χ2v) is 6.93. The standard InChI is InChI=1S/C23H25N3O2/c1-15(2)20-7-5-6-16(3)22(20)26-21-13-10-18(14-24-21)25-23(27)17-8-11-19(28-4)12-9-17/h5-15H,1-4H3,(H,24,26)(H,25,27). The third-order valence-electron chi connectivity index (χ3n) is 4.55. The number of carbonyl (C=O) groups excluding carboxylic acids is 1. The second-order valence-electron chi connectivity index (χ2n) is 6.93. The molecule has 0 aliphatic heterocycles. The largest absolute Gasteiger partial charge is 0.497 e. The summed E-state index contributed by atoms with van der Waals surface area (Å²) in [7, 11) is 1.59. The predicted octanol–water partition coefficient (Wildman–Crippen LogP) is 5.52. The van der Waals surface area contributed by atoms with Crippen LogP contribution < -0.4 is 15.4 Å². The minimum atomic E-state index is -0.189. The first-order valence-electron chi connectivity index (χ1n) is 9.26. The van der Waals surface area contributed by atoms with Crippen molar-refractivity contribution in [3.8, 4) is 5.75 Å². The summed E-state index contributed by atoms with van der Waals surface area (Å²) >= 11 is 0. The monoisotopic (exact) mass is 375 g/mol. The third kappa shape index (κ3) is 4.49. The molecule has 0 saturated heterocycles. The van der Waals surface area contributed by atoms with Gasteiger partial charge in [0.25, 0.3) is 5.91 Å². The zero-order valence-electron chi connectivity index (χ0n) is 16.6. The van der Waals surface area contributed by atoms with Crippen LogP contribution in [0, 0.1) is 6.92 Å². The van der Waals surface area contributed by atoms with E-state index in [-0.39, 0.29) is 5.91 Å². The van der Waals surface area contributed by atoms with Gasteiger partial charge in [-0.3, -0.25) is 4.79 Å². The van der Waals surface area contributed by atoms with Crippen LogP contribution in [0.25, 0.3) is 0 Å². The van der Waals surface area contributed by atoms with Gasteiger partial charge in [0.15, 0.2) is 0 Å². The lowest BCUT2D eigenvalue weighted by atomic mass is 9.98. The Bertz CT molecular complexity index is 949. The van der Waals surface area contributed by atoms with Gasteiger partial charge in [-0.15, -0.1) is 0 Å². The molecule has 1 aromatic heterocycles. The normalized spacial score (nSPS) is 10.6. The smallest absolute Gasteiger partial charge is 0.255 e. The average Bonchev–Trinajstić information content (AvgIpc) is 2.70. The van der Waals surface area contributed by atoms with Gasteiger partial charge < -0.3 is 15.4 Å². The Morgan fingerprint density at radius 1 is 1.04 bits per heavy atom. The van der Waals surface area contributed by atoms with Gasteiger partial charge in [-0.1, -0.05) is 32.0 Å². The molecule has 0 bridgehead atoms. The topological polar surface area (TPSA) is 63.2 Å². The summed E-state index contributed by atoms with van der Waals surface area (Å²) in [4.78, 5) is 16.8. The fourth-order valence-electron chi connectivity index (χ4n) is 2.96. The van der Waals surface area contributed by atoms with Crippen LogP contribution in [0.1, 0.15) is 41.3 Å². The van der Waals surface area contributed by atoms with Crippen molar-refractivity contribution in [2.24, 2.45) is 0 Å². The van der Waals surface area contributed by atoms with Crippen LogP contribution in [-0.4, -0.2) is 18.0 Å². The molecule has 0 radical (unpaired) electrons. The van der Waals surface area contributed by atoms with Crippen molar-refractivity contribution in [3.05, 3.63) is 77.5 Å². The summed E-state index contributed by atoms with van der Waals surface area (Å²) in [6, 6.07) is 16.9. The number of nitrogens with one attached hydrogen (secondary N) is 2. The van der Waals surface area contributed by atoms with Crippen molar-refractivity contribution in [1.82, 2.24) is 4.98 Å². The predicted molar refractivity (Wildman–Crippen MR) is 114 cm³/mol. The molecule has 0 fully saturated rings. The Labute approximate surface area is 165 Å². The number of anilines is 3. The minimum Gasteiger partial charge on any atom is -0.497 e. The van der Waals surface area contributed by atoms with Gasteiger partial charge in [0, 0.05) is 11.3 Å². The van der Waals surface area contributed by atoms with E-state index in [1.165, 1.54) is 11.1 Å². The maximum Gasteiger partial charge on any atom is 0.255 e. The first-order valence-corrected chi connectivity index (χ1v) is 9.26. The molecular formula is C23H25N3O2. The number of methoxy groups -OCH3 is 1. The highest BCUT2D eigenvalue weighted by atomic mass is 16.5. The summed E-state index contributed by atoms with van der Waals surface area (Å²) in [5.41, 5.74) is 4.70. The number of aromatic nitrogens is 1. The van der Waals surface area contributed by atoms with E-state index in [0.717, 1.165) is 11.5 Å². The molecule has 0 aliphatic rings. The minimum absolute atomic E-state index is 0.189. The van der Waals surface area contributed by atoms with Crippen molar-refractivity contribution in [2.45, 2.75) is 26.7 Å². The van der Waals surface area contributed by atoms with Gasteiger partial charge in [0.1, 0.15) is 11.6 Å². The van der Waals surface area contributed by atoms with Crippen molar-refractivity contribution >= 4 is 23.1 Å². The summed E-state index contributed by atoms with van der Waals surface area (Å²) in [6.07, 6.45) is 1.65. The fourth-order valence-corrected chi connectivity index (χ4v) is 2.96. The van der Waals surface area contributed by atoms with Gasteiger partial charge in [-0.25, -0.2) is 4.98 Å². The van der Waals surface area contributed by atoms with E-state index in [1.807, 2.05) is 12.1 Å². The Kier molecular flexibility index (Phi) is 5.94. The average molecular weight is 375 g/mol. The lowest BCUT2D eigenvalue weighted by molar-refractivity contribution is 0.102. The maximum absolute atomic E-state index is 12.4. The van der Waals surface area contributed by atoms with Crippen LogP contribution in [0.15, 0.2) is 60.8 Å². The first-order chi connectivity index (χ1) is 13.5. The first kappa shape index (κ1) is 19.4.